The third kappa shape index (κ3) is 5.93. The summed E-state index contributed by atoms with van der Waals surface area (Å²) in [7, 11) is 0. The van der Waals surface area contributed by atoms with E-state index in [9.17, 15) is 9.59 Å². The second-order valence-corrected chi connectivity index (χ2v) is 5.99. The summed E-state index contributed by atoms with van der Waals surface area (Å²) < 4.78 is 0. The molecule has 23 heavy (non-hydrogen) atoms. The number of amides is 3. The van der Waals surface area contributed by atoms with Crippen LogP contribution in [-0.4, -0.2) is 31.6 Å². The lowest BCUT2D eigenvalue weighted by Crippen LogP contribution is -2.39. The Bertz CT molecular complexity index is 500. The first-order chi connectivity index (χ1) is 11.2. The maximum atomic E-state index is 12.4. The molecule has 0 heterocycles. The quantitative estimate of drug-likeness (QED) is 0.688. The van der Waals surface area contributed by atoms with E-state index in [-0.39, 0.29) is 17.9 Å². The lowest BCUT2D eigenvalue weighted by molar-refractivity contribution is -0.119. The van der Waals surface area contributed by atoms with E-state index in [1.165, 1.54) is 0 Å². The predicted octanol–water partition coefficient (Wildman–Crippen LogP) is 2.92. The molecule has 0 atom stereocenters. The Labute approximate surface area is 138 Å². The zero-order valence-electron chi connectivity index (χ0n) is 13.9. The Kier molecular flexibility index (Phi) is 6.91. The van der Waals surface area contributed by atoms with E-state index in [0.29, 0.717) is 19.6 Å². The van der Waals surface area contributed by atoms with E-state index in [1.807, 2.05) is 35.2 Å². The van der Waals surface area contributed by atoms with E-state index in [4.69, 9.17) is 0 Å². The molecule has 0 aromatic heterocycles. The van der Waals surface area contributed by atoms with Gasteiger partial charge in [0.2, 0.25) is 5.91 Å². The van der Waals surface area contributed by atoms with Gasteiger partial charge in [0.15, 0.2) is 0 Å². The van der Waals surface area contributed by atoms with Crippen LogP contribution in [0.3, 0.4) is 0 Å². The Morgan fingerprint density at radius 2 is 1.74 bits per heavy atom. The van der Waals surface area contributed by atoms with E-state index < -0.39 is 0 Å². The number of urea groups is 1. The van der Waals surface area contributed by atoms with Crippen LogP contribution in [0.15, 0.2) is 30.3 Å². The molecule has 1 aromatic rings. The lowest BCUT2D eigenvalue weighted by Gasteiger charge is -2.23. The van der Waals surface area contributed by atoms with Gasteiger partial charge in [0.05, 0.1) is 0 Å². The molecule has 1 aliphatic rings. The van der Waals surface area contributed by atoms with Crippen LogP contribution in [0.4, 0.5) is 10.5 Å². The van der Waals surface area contributed by atoms with Crippen LogP contribution in [0, 0.1) is 5.92 Å². The molecule has 5 nitrogen and oxygen atoms in total. The maximum absolute atomic E-state index is 12.4. The van der Waals surface area contributed by atoms with Gasteiger partial charge in [-0.2, -0.15) is 0 Å². The smallest absolute Gasteiger partial charge is 0.314 e. The predicted molar refractivity (Wildman–Crippen MR) is 92.4 cm³/mol. The molecule has 126 valence electrons. The second-order valence-electron chi connectivity index (χ2n) is 5.99. The fourth-order valence-corrected chi connectivity index (χ4v) is 2.41. The van der Waals surface area contributed by atoms with E-state index in [2.05, 4.69) is 17.6 Å². The number of carbonyl (C=O) groups excluding carboxylic acids is 2. The van der Waals surface area contributed by atoms with Gasteiger partial charge in [-0.15, -0.1) is 0 Å². The highest BCUT2D eigenvalue weighted by Gasteiger charge is 2.33. The van der Waals surface area contributed by atoms with Crippen molar-refractivity contribution in [1.82, 2.24) is 10.6 Å². The molecular weight excluding hydrogens is 290 g/mol. The summed E-state index contributed by atoms with van der Waals surface area (Å²) in [5.41, 5.74) is 0.941. The zero-order chi connectivity index (χ0) is 16.5. The van der Waals surface area contributed by atoms with Gasteiger partial charge >= 0.3 is 6.03 Å². The normalized spacial score (nSPS) is 13.4. The largest absolute Gasteiger partial charge is 0.338 e. The molecule has 0 aliphatic heterocycles. The fraction of sp³-hybridized carbons (Fsp3) is 0.556. The third-order valence-corrected chi connectivity index (χ3v) is 3.92. The van der Waals surface area contributed by atoms with Crippen molar-refractivity contribution in [2.75, 3.05) is 24.5 Å². The summed E-state index contributed by atoms with van der Waals surface area (Å²) in [4.78, 5) is 25.9. The summed E-state index contributed by atoms with van der Waals surface area (Å²) in [5.74, 6) is 0.407. The highest BCUT2D eigenvalue weighted by molar-refractivity contribution is 5.96. The number of nitrogens with one attached hydrogen (secondary N) is 2. The molecule has 0 spiro atoms. The monoisotopic (exact) mass is 317 g/mol. The molecule has 3 amide bonds. The minimum Gasteiger partial charge on any atom is -0.338 e. The number of nitrogens with zero attached hydrogens (tertiary/aromatic N) is 1. The number of benzene rings is 1. The molecule has 0 unspecified atom stereocenters. The van der Waals surface area contributed by atoms with Crippen LogP contribution in [0.25, 0.3) is 0 Å². The highest BCUT2D eigenvalue weighted by atomic mass is 16.2. The van der Waals surface area contributed by atoms with Gasteiger partial charge in [-0.3, -0.25) is 4.79 Å². The number of hydrogen-bond donors (Lipinski definition) is 2. The van der Waals surface area contributed by atoms with Crippen LogP contribution in [0.2, 0.25) is 0 Å². The van der Waals surface area contributed by atoms with Gasteiger partial charge in [-0.05, 0) is 37.8 Å². The molecule has 5 heteroatoms. The summed E-state index contributed by atoms with van der Waals surface area (Å²) >= 11 is 0. The maximum Gasteiger partial charge on any atom is 0.314 e. The first-order valence-electron chi connectivity index (χ1n) is 8.60. The number of anilines is 1. The highest BCUT2D eigenvalue weighted by Crippen LogP contribution is 2.32. The summed E-state index contributed by atoms with van der Waals surface area (Å²) in [5, 5.41) is 5.67. The average Bonchev–Trinajstić information content (AvgIpc) is 3.40. The summed E-state index contributed by atoms with van der Waals surface area (Å²) in [6.45, 7) is 4.00. The summed E-state index contributed by atoms with van der Waals surface area (Å²) in [6, 6.07) is 9.64. The van der Waals surface area contributed by atoms with Crippen molar-refractivity contribution in [2.45, 2.75) is 39.0 Å². The molecule has 1 fully saturated rings. The second kappa shape index (κ2) is 9.18. The zero-order valence-corrected chi connectivity index (χ0v) is 13.9. The minimum absolute atomic E-state index is 0.127. The number of hydrogen-bond acceptors (Lipinski definition) is 2. The van der Waals surface area contributed by atoms with E-state index in [0.717, 1.165) is 37.8 Å². The first-order valence-corrected chi connectivity index (χ1v) is 8.60. The van der Waals surface area contributed by atoms with Crippen molar-refractivity contribution in [3.63, 3.8) is 0 Å². The Hall–Kier alpha value is -2.04. The van der Waals surface area contributed by atoms with E-state index in [1.54, 1.807) is 0 Å². The van der Waals surface area contributed by atoms with Crippen molar-refractivity contribution in [2.24, 2.45) is 5.92 Å². The number of carbonyl (C=O) groups is 2. The molecule has 1 aliphatic carbocycles. The molecule has 0 saturated heterocycles. The lowest BCUT2D eigenvalue weighted by atomic mass is 10.2. The van der Waals surface area contributed by atoms with Gasteiger partial charge in [-0.25, -0.2) is 4.79 Å². The first kappa shape index (κ1) is 17.3. The molecular formula is C18H27N3O2. The van der Waals surface area contributed by atoms with Crippen molar-refractivity contribution in [1.29, 1.82) is 0 Å². The number of unbranched alkanes of at least 4 members (excludes halogenated alkanes) is 1. The number of rotatable bonds is 9. The Balaban J connectivity index is 1.75. The van der Waals surface area contributed by atoms with Crippen LogP contribution in [0.5, 0.6) is 0 Å². The van der Waals surface area contributed by atoms with Gasteiger partial charge in [0, 0.05) is 31.2 Å². The van der Waals surface area contributed by atoms with Gasteiger partial charge < -0.3 is 15.5 Å². The number of para-hydroxylation sites is 1. The van der Waals surface area contributed by atoms with Crippen molar-refractivity contribution >= 4 is 17.6 Å². The van der Waals surface area contributed by atoms with E-state index >= 15 is 0 Å². The molecule has 1 aromatic carbocycles. The summed E-state index contributed by atoms with van der Waals surface area (Å²) in [6.07, 6.45) is 4.80. The molecule has 2 rings (SSSR count). The Morgan fingerprint density at radius 3 is 2.35 bits per heavy atom. The third-order valence-electron chi connectivity index (χ3n) is 3.92. The van der Waals surface area contributed by atoms with Crippen LogP contribution in [-0.2, 0) is 4.79 Å². The van der Waals surface area contributed by atoms with Crippen LogP contribution < -0.4 is 15.5 Å². The molecule has 2 N–H and O–H groups in total. The molecule has 0 radical (unpaired) electrons. The molecule has 0 bridgehead atoms. The minimum atomic E-state index is -0.127. The standard InChI is InChI=1S/C18H27N3O2/c1-2-3-12-19-18(23)20-13-7-14-21(17(22)15-10-11-15)16-8-5-4-6-9-16/h4-6,8-9,15H,2-3,7,10-14H2,1H3,(H2,19,20,23). The van der Waals surface area contributed by atoms with Crippen molar-refractivity contribution in [3.8, 4) is 0 Å². The average molecular weight is 317 g/mol. The fourth-order valence-electron chi connectivity index (χ4n) is 2.41. The Morgan fingerprint density at radius 1 is 1.09 bits per heavy atom. The van der Waals surface area contributed by atoms with Crippen LogP contribution >= 0.6 is 0 Å². The van der Waals surface area contributed by atoms with Crippen molar-refractivity contribution in [3.05, 3.63) is 30.3 Å². The topological polar surface area (TPSA) is 61.4 Å². The SMILES string of the molecule is CCCCNC(=O)NCCCN(C(=O)C1CC1)c1ccccc1. The van der Waals surface area contributed by atoms with Gasteiger partial charge in [0.1, 0.15) is 0 Å². The van der Waals surface area contributed by atoms with Crippen molar-refractivity contribution < 1.29 is 9.59 Å². The molecule has 1 saturated carbocycles. The van der Waals surface area contributed by atoms with Crippen LogP contribution in [0.1, 0.15) is 39.0 Å². The van der Waals surface area contributed by atoms with Gasteiger partial charge in [-0.1, -0.05) is 31.5 Å². The van der Waals surface area contributed by atoms with Gasteiger partial charge in [0.25, 0.3) is 0 Å².